The minimum Gasteiger partial charge on any atom is -0.337 e. The summed E-state index contributed by atoms with van der Waals surface area (Å²) in [6.07, 6.45) is 4.40. The van der Waals surface area contributed by atoms with Gasteiger partial charge >= 0.3 is 0 Å². The van der Waals surface area contributed by atoms with Crippen molar-refractivity contribution >= 4 is 5.78 Å². The maximum Gasteiger partial charge on any atom is 0.138 e. The molecule has 1 unspecified atom stereocenters. The Labute approximate surface area is 89.9 Å². The van der Waals surface area contributed by atoms with Gasteiger partial charge in [-0.1, -0.05) is 6.92 Å². The lowest BCUT2D eigenvalue weighted by Crippen LogP contribution is -2.39. The fourth-order valence-electron chi connectivity index (χ4n) is 2.00. The summed E-state index contributed by atoms with van der Waals surface area (Å²) < 4.78 is 2.03. The van der Waals surface area contributed by atoms with Crippen LogP contribution in [0.5, 0.6) is 0 Å². The van der Waals surface area contributed by atoms with Gasteiger partial charge < -0.3 is 4.57 Å². The first-order chi connectivity index (χ1) is 7.16. The molecule has 15 heavy (non-hydrogen) atoms. The summed E-state index contributed by atoms with van der Waals surface area (Å²) >= 11 is 0. The minimum absolute atomic E-state index is 0.187. The molecule has 0 saturated carbocycles. The van der Waals surface area contributed by atoms with E-state index < -0.39 is 0 Å². The number of likely N-dealkylation sites (tertiary alicyclic amines) is 1. The standard InChI is InChI=1S/C11H17N3O/c1-9-6-14(4-3-11(9)15)7-10-5-12-8-13(10)2/h5,8-9H,3-4,6-7H2,1-2H3. The normalized spacial score (nSPS) is 23.3. The van der Waals surface area contributed by atoms with E-state index in [2.05, 4.69) is 9.88 Å². The molecule has 0 bridgehead atoms. The quantitative estimate of drug-likeness (QED) is 0.721. The van der Waals surface area contributed by atoms with Crippen molar-refractivity contribution in [2.75, 3.05) is 13.1 Å². The van der Waals surface area contributed by atoms with E-state index in [1.165, 1.54) is 5.69 Å². The van der Waals surface area contributed by atoms with Crippen LogP contribution in [0, 0.1) is 5.92 Å². The average Bonchev–Trinajstić information content (AvgIpc) is 2.59. The van der Waals surface area contributed by atoms with Gasteiger partial charge in [0.2, 0.25) is 0 Å². The van der Waals surface area contributed by atoms with Gasteiger partial charge in [-0.05, 0) is 0 Å². The monoisotopic (exact) mass is 207 g/mol. The van der Waals surface area contributed by atoms with E-state index >= 15 is 0 Å². The van der Waals surface area contributed by atoms with Crippen molar-refractivity contribution in [2.45, 2.75) is 19.9 Å². The topological polar surface area (TPSA) is 38.1 Å². The molecule has 1 aliphatic heterocycles. The molecule has 1 saturated heterocycles. The van der Waals surface area contributed by atoms with Crippen LogP contribution in [-0.2, 0) is 18.4 Å². The summed E-state index contributed by atoms with van der Waals surface area (Å²) in [4.78, 5) is 17.8. The second-order valence-electron chi connectivity index (χ2n) is 4.35. The van der Waals surface area contributed by atoms with E-state index in [4.69, 9.17) is 0 Å². The van der Waals surface area contributed by atoms with E-state index in [0.29, 0.717) is 12.2 Å². The zero-order valence-corrected chi connectivity index (χ0v) is 9.31. The molecule has 0 amide bonds. The number of nitrogens with zero attached hydrogens (tertiary/aromatic N) is 3. The molecule has 0 aromatic carbocycles. The Bertz CT molecular complexity index is 358. The number of hydrogen-bond donors (Lipinski definition) is 0. The highest BCUT2D eigenvalue weighted by Crippen LogP contribution is 2.14. The van der Waals surface area contributed by atoms with Crippen molar-refractivity contribution in [2.24, 2.45) is 13.0 Å². The second-order valence-corrected chi connectivity index (χ2v) is 4.35. The van der Waals surface area contributed by atoms with Gasteiger partial charge in [-0.3, -0.25) is 9.69 Å². The molecule has 1 aromatic rings. The SMILES string of the molecule is CC1CN(Cc2cncn2C)CCC1=O. The third-order valence-electron chi connectivity index (χ3n) is 3.06. The molecule has 4 nitrogen and oxygen atoms in total. The third kappa shape index (κ3) is 2.26. The number of hydrogen-bond acceptors (Lipinski definition) is 3. The molecule has 2 rings (SSSR count). The lowest BCUT2D eigenvalue weighted by molar-refractivity contribution is -0.125. The Morgan fingerprint density at radius 3 is 3.00 bits per heavy atom. The van der Waals surface area contributed by atoms with Gasteiger partial charge in [0.05, 0.1) is 12.0 Å². The Balaban J connectivity index is 1.96. The lowest BCUT2D eigenvalue weighted by Gasteiger charge is -2.29. The fraction of sp³-hybridized carbons (Fsp3) is 0.636. The molecule has 1 aromatic heterocycles. The smallest absolute Gasteiger partial charge is 0.138 e. The van der Waals surface area contributed by atoms with E-state index in [1.54, 1.807) is 0 Å². The molecule has 0 radical (unpaired) electrons. The summed E-state index contributed by atoms with van der Waals surface area (Å²) in [6.45, 7) is 4.67. The van der Waals surface area contributed by atoms with E-state index in [-0.39, 0.29) is 5.92 Å². The van der Waals surface area contributed by atoms with Gasteiger partial charge in [-0.15, -0.1) is 0 Å². The van der Waals surface area contributed by atoms with Gasteiger partial charge in [0.15, 0.2) is 0 Å². The molecule has 4 heteroatoms. The molecule has 1 atom stereocenters. The Morgan fingerprint density at radius 1 is 1.60 bits per heavy atom. The lowest BCUT2D eigenvalue weighted by atomic mass is 9.98. The van der Waals surface area contributed by atoms with Crippen LogP contribution in [0.3, 0.4) is 0 Å². The van der Waals surface area contributed by atoms with Crippen LogP contribution in [0.25, 0.3) is 0 Å². The van der Waals surface area contributed by atoms with Crippen LogP contribution < -0.4 is 0 Å². The summed E-state index contributed by atoms with van der Waals surface area (Å²) in [5.74, 6) is 0.586. The number of ketones is 1. The zero-order valence-electron chi connectivity index (χ0n) is 9.31. The molecule has 82 valence electrons. The molecule has 0 N–H and O–H groups in total. The first-order valence-corrected chi connectivity index (χ1v) is 5.37. The number of aryl methyl sites for hydroxylation is 1. The summed E-state index contributed by atoms with van der Waals surface area (Å²) in [5.41, 5.74) is 1.21. The van der Waals surface area contributed by atoms with Gasteiger partial charge in [-0.2, -0.15) is 0 Å². The molecule has 0 spiro atoms. The predicted molar refractivity (Wildman–Crippen MR) is 57.3 cm³/mol. The number of carbonyl (C=O) groups excluding carboxylic acids is 1. The molecular formula is C11H17N3O. The Morgan fingerprint density at radius 2 is 2.40 bits per heavy atom. The highest BCUT2D eigenvalue weighted by Gasteiger charge is 2.23. The zero-order chi connectivity index (χ0) is 10.8. The van der Waals surface area contributed by atoms with Crippen LogP contribution >= 0.6 is 0 Å². The predicted octanol–water partition coefficient (Wildman–Crippen LogP) is 0.831. The van der Waals surface area contributed by atoms with E-state index in [9.17, 15) is 4.79 Å². The van der Waals surface area contributed by atoms with Crippen LogP contribution in [0.2, 0.25) is 0 Å². The van der Waals surface area contributed by atoms with Crippen LogP contribution in [0.4, 0.5) is 0 Å². The van der Waals surface area contributed by atoms with Crippen molar-refractivity contribution < 1.29 is 4.79 Å². The first-order valence-electron chi connectivity index (χ1n) is 5.37. The number of Topliss-reactive ketones (excluding diaryl/α,β-unsaturated/α-hetero) is 1. The number of imidazole rings is 1. The number of aromatic nitrogens is 2. The molecule has 1 aliphatic rings. The highest BCUT2D eigenvalue weighted by molar-refractivity contribution is 5.81. The van der Waals surface area contributed by atoms with E-state index in [1.807, 2.05) is 31.1 Å². The van der Waals surface area contributed by atoms with Crippen molar-refractivity contribution in [1.82, 2.24) is 14.5 Å². The van der Waals surface area contributed by atoms with Gasteiger partial charge in [0.1, 0.15) is 5.78 Å². The third-order valence-corrected chi connectivity index (χ3v) is 3.06. The second kappa shape index (κ2) is 4.14. The highest BCUT2D eigenvalue weighted by atomic mass is 16.1. The van der Waals surface area contributed by atoms with Crippen LogP contribution in [-0.4, -0.2) is 33.3 Å². The van der Waals surface area contributed by atoms with Gasteiger partial charge in [-0.25, -0.2) is 4.98 Å². The van der Waals surface area contributed by atoms with Crippen LogP contribution in [0.1, 0.15) is 19.0 Å². The average molecular weight is 207 g/mol. The van der Waals surface area contributed by atoms with Crippen LogP contribution in [0.15, 0.2) is 12.5 Å². The summed E-state index contributed by atoms with van der Waals surface area (Å²) in [7, 11) is 2.00. The fourth-order valence-corrected chi connectivity index (χ4v) is 2.00. The van der Waals surface area contributed by atoms with Crippen molar-refractivity contribution in [3.05, 3.63) is 18.2 Å². The number of carbonyl (C=O) groups is 1. The minimum atomic E-state index is 0.187. The van der Waals surface area contributed by atoms with Gasteiger partial charge in [0, 0.05) is 45.2 Å². The van der Waals surface area contributed by atoms with Crippen molar-refractivity contribution in [3.8, 4) is 0 Å². The Kier molecular flexibility index (Phi) is 2.86. The molecule has 2 heterocycles. The summed E-state index contributed by atoms with van der Waals surface area (Å²) in [5, 5.41) is 0. The maximum atomic E-state index is 11.4. The molecule has 1 fully saturated rings. The first kappa shape index (κ1) is 10.4. The number of rotatable bonds is 2. The molecular weight excluding hydrogens is 190 g/mol. The van der Waals surface area contributed by atoms with E-state index in [0.717, 1.165) is 19.6 Å². The number of piperidine rings is 1. The largest absolute Gasteiger partial charge is 0.337 e. The maximum absolute atomic E-state index is 11.4. The molecule has 0 aliphatic carbocycles. The summed E-state index contributed by atoms with van der Waals surface area (Å²) in [6, 6.07) is 0. The van der Waals surface area contributed by atoms with Crippen molar-refractivity contribution in [1.29, 1.82) is 0 Å². The Hall–Kier alpha value is -1.16. The van der Waals surface area contributed by atoms with Crippen molar-refractivity contribution in [3.63, 3.8) is 0 Å². The van der Waals surface area contributed by atoms with Gasteiger partial charge in [0.25, 0.3) is 0 Å².